The van der Waals surface area contributed by atoms with Crippen molar-refractivity contribution in [1.29, 1.82) is 0 Å². The van der Waals surface area contributed by atoms with Gasteiger partial charge in [-0.15, -0.1) is 9.36 Å². The van der Waals surface area contributed by atoms with Crippen molar-refractivity contribution in [1.82, 2.24) is 19.7 Å². The summed E-state index contributed by atoms with van der Waals surface area (Å²) in [7, 11) is 1.80. The summed E-state index contributed by atoms with van der Waals surface area (Å²) in [6.07, 6.45) is 1.86. The Balaban J connectivity index is 2.22. The van der Waals surface area contributed by atoms with Gasteiger partial charge in [0.05, 0.1) is 18.3 Å². The number of aryl methyl sites for hydroxylation is 1. The van der Waals surface area contributed by atoms with Crippen molar-refractivity contribution in [3.63, 3.8) is 0 Å². The van der Waals surface area contributed by atoms with E-state index in [1.54, 1.807) is 37.2 Å². The van der Waals surface area contributed by atoms with E-state index in [2.05, 4.69) is 5.21 Å². The number of aromatic nitrogens is 3. The lowest BCUT2D eigenvalue weighted by Gasteiger charge is -2.28. The zero-order valence-corrected chi connectivity index (χ0v) is 21.4. The maximum Gasteiger partial charge on any atom is 0.326 e. The van der Waals surface area contributed by atoms with Gasteiger partial charge in [-0.3, -0.25) is 14.4 Å². The second-order valence-corrected chi connectivity index (χ2v) is 9.95. The zero-order valence-electron chi connectivity index (χ0n) is 21.4. The van der Waals surface area contributed by atoms with Gasteiger partial charge in [0.25, 0.3) is 0 Å². The van der Waals surface area contributed by atoms with Gasteiger partial charge < -0.3 is 14.5 Å². The van der Waals surface area contributed by atoms with Crippen molar-refractivity contribution >= 4 is 17.8 Å². The van der Waals surface area contributed by atoms with Crippen LogP contribution in [-0.4, -0.2) is 62.7 Å². The Morgan fingerprint density at radius 3 is 2.29 bits per heavy atom. The van der Waals surface area contributed by atoms with Gasteiger partial charge in [-0.1, -0.05) is 44.2 Å². The lowest BCUT2D eigenvalue weighted by molar-refractivity contribution is -0.747. The van der Waals surface area contributed by atoms with E-state index >= 15 is 0 Å². The monoisotopic (exact) mass is 472 g/mol. The number of hydrogen-bond acceptors (Lipinski definition) is 5. The van der Waals surface area contributed by atoms with Crippen LogP contribution in [0.15, 0.2) is 36.5 Å². The number of rotatable bonds is 10. The molecule has 0 spiro atoms. The molecule has 0 N–H and O–H groups in total. The average Bonchev–Trinajstić information content (AvgIpc) is 3.04. The molecule has 0 radical (unpaired) electrons. The molecule has 1 aromatic heterocycles. The summed E-state index contributed by atoms with van der Waals surface area (Å²) in [5.74, 6) is -0.790. The largest absolute Gasteiger partial charge is 0.459 e. The van der Waals surface area contributed by atoms with Crippen molar-refractivity contribution in [2.24, 2.45) is 13.0 Å². The van der Waals surface area contributed by atoms with Gasteiger partial charge in [-0.25, -0.2) is 0 Å². The lowest BCUT2D eigenvalue weighted by Crippen LogP contribution is -2.46. The summed E-state index contributed by atoms with van der Waals surface area (Å²) >= 11 is 0. The van der Waals surface area contributed by atoms with E-state index in [0.29, 0.717) is 13.1 Å². The fourth-order valence-electron chi connectivity index (χ4n) is 3.47. The highest BCUT2D eigenvalue weighted by Crippen LogP contribution is 2.10. The Morgan fingerprint density at radius 2 is 1.74 bits per heavy atom. The van der Waals surface area contributed by atoms with Crippen LogP contribution in [0.2, 0.25) is 0 Å². The molecule has 34 heavy (non-hydrogen) atoms. The van der Waals surface area contributed by atoms with Gasteiger partial charge >= 0.3 is 5.97 Å². The second kappa shape index (κ2) is 11.8. The Morgan fingerprint density at radius 1 is 1.09 bits per heavy atom. The topological polar surface area (TPSA) is 88.6 Å². The molecule has 0 saturated carbocycles. The molecule has 186 valence electrons. The van der Waals surface area contributed by atoms with Crippen LogP contribution in [0.25, 0.3) is 0 Å². The molecule has 9 nitrogen and oxygen atoms in total. The van der Waals surface area contributed by atoms with Gasteiger partial charge in [-0.05, 0) is 32.3 Å². The maximum absolute atomic E-state index is 13.2. The third-order valence-corrected chi connectivity index (χ3v) is 4.95. The standard InChI is InChI=1S/C25H38N5O4/c1-19(2)13-28(20(3)31)17-23(32)29(18-24(33)34-25(4,5)6)15-22-16-30(26-27(22)7)14-21-11-9-8-10-12-21/h8-12,16,19H,13-15,17-18H2,1-7H3/q+1. The fraction of sp³-hybridized carbons (Fsp3) is 0.560. The van der Waals surface area contributed by atoms with Crippen LogP contribution >= 0.6 is 0 Å². The zero-order chi connectivity index (χ0) is 25.5. The summed E-state index contributed by atoms with van der Waals surface area (Å²) in [5.41, 5.74) is 1.19. The summed E-state index contributed by atoms with van der Waals surface area (Å²) in [6, 6.07) is 9.94. The van der Waals surface area contributed by atoms with Crippen LogP contribution in [-0.2, 0) is 39.3 Å². The van der Waals surface area contributed by atoms with Crippen molar-refractivity contribution < 1.29 is 23.8 Å². The number of ether oxygens (including phenoxy) is 1. The number of hydrogen-bond donors (Lipinski definition) is 0. The molecular weight excluding hydrogens is 434 g/mol. The summed E-state index contributed by atoms with van der Waals surface area (Å²) in [5, 5.41) is 4.50. The molecule has 0 bridgehead atoms. The number of esters is 1. The minimum Gasteiger partial charge on any atom is -0.459 e. The third kappa shape index (κ3) is 8.96. The molecule has 0 unspecified atom stereocenters. The van der Waals surface area contributed by atoms with Crippen molar-refractivity contribution in [2.45, 2.75) is 60.2 Å². The number of benzene rings is 1. The SMILES string of the molecule is CC(=O)N(CC(=O)N(CC(=O)OC(C)(C)C)Cc1c[n+](Cc2ccccc2)nn1C)CC(C)C. The van der Waals surface area contributed by atoms with Crippen LogP contribution in [0, 0.1) is 5.92 Å². The van der Waals surface area contributed by atoms with Crippen molar-refractivity contribution in [2.75, 3.05) is 19.6 Å². The number of carbonyl (C=O) groups is 3. The van der Waals surface area contributed by atoms with Gasteiger partial charge in [0, 0.05) is 13.5 Å². The molecule has 9 heteroatoms. The van der Waals surface area contributed by atoms with Crippen molar-refractivity contribution in [3.8, 4) is 0 Å². The first-order valence-electron chi connectivity index (χ1n) is 11.6. The quantitative estimate of drug-likeness (QED) is 0.389. The van der Waals surface area contributed by atoms with Crippen LogP contribution < -0.4 is 4.68 Å². The minimum absolute atomic E-state index is 0.0990. The van der Waals surface area contributed by atoms with Crippen LogP contribution in [0.5, 0.6) is 0 Å². The minimum atomic E-state index is -0.667. The predicted molar refractivity (Wildman–Crippen MR) is 127 cm³/mol. The molecule has 0 fully saturated rings. The molecule has 0 saturated heterocycles. The predicted octanol–water partition coefficient (Wildman–Crippen LogP) is 1.93. The Bertz CT molecular complexity index is 979. The first-order valence-corrected chi connectivity index (χ1v) is 11.6. The molecule has 2 rings (SSSR count). The van der Waals surface area contributed by atoms with E-state index in [-0.39, 0.29) is 37.4 Å². The molecule has 0 aliphatic carbocycles. The Kier molecular flexibility index (Phi) is 9.35. The first-order chi connectivity index (χ1) is 15.8. The molecule has 2 aromatic rings. The van der Waals surface area contributed by atoms with Crippen LogP contribution in [0.3, 0.4) is 0 Å². The van der Waals surface area contributed by atoms with E-state index in [1.165, 1.54) is 16.7 Å². The molecule has 2 amide bonds. The highest BCUT2D eigenvalue weighted by atomic mass is 16.6. The second-order valence-electron chi connectivity index (χ2n) is 9.95. The third-order valence-electron chi connectivity index (χ3n) is 4.95. The van der Waals surface area contributed by atoms with Crippen molar-refractivity contribution in [3.05, 3.63) is 47.8 Å². The van der Waals surface area contributed by atoms with Gasteiger partial charge in [-0.2, -0.15) is 0 Å². The number of amides is 2. The molecular formula is C25H38N5O4+. The summed E-state index contributed by atoms with van der Waals surface area (Å²) in [4.78, 5) is 40.8. The van der Waals surface area contributed by atoms with Gasteiger partial charge in [0.1, 0.15) is 25.7 Å². The van der Waals surface area contributed by atoms with Crippen LogP contribution in [0.4, 0.5) is 0 Å². The molecule has 1 aromatic carbocycles. The van der Waals surface area contributed by atoms with E-state index in [9.17, 15) is 14.4 Å². The van der Waals surface area contributed by atoms with E-state index in [4.69, 9.17) is 4.74 Å². The number of carbonyl (C=O) groups excluding carboxylic acids is 3. The first kappa shape index (κ1) is 27.0. The normalized spacial score (nSPS) is 11.4. The highest BCUT2D eigenvalue weighted by Gasteiger charge is 2.27. The summed E-state index contributed by atoms with van der Waals surface area (Å²) < 4.78 is 8.93. The Hall–Kier alpha value is -3.23. The molecule has 0 aliphatic heterocycles. The maximum atomic E-state index is 13.2. The average molecular weight is 473 g/mol. The molecule has 0 aliphatic rings. The van der Waals surface area contributed by atoms with Gasteiger partial charge in [0.2, 0.25) is 11.8 Å². The summed E-state index contributed by atoms with van der Waals surface area (Å²) in [6.45, 7) is 11.7. The number of nitrogens with zero attached hydrogens (tertiary/aromatic N) is 5. The fourth-order valence-corrected chi connectivity index (χ4v) is 3.47. The Labute approximate surface area is 202 Å². The lowest BCUT2D eigenvalue weighted by atomic mass is 10.2. The molecule has 1 heterocycles. The molecule has 0 atom stereocenters. The smallest absolute Gasteiger partial charge is 0.326 e. The van der Waals surface area contributed by atoms with Crippen LogP contribution in [0.1, 0.15) is 52.8 Å². The van der Waals surface area contributed by atoms with Gasteiger partial charge in [0.15, 0.2) is 11.9 Å². The van der Waals surface area contributed by atoms with E-state index in [0.717, 1.165) is 11.3 Å². The van der Waals surface area contributed by atoms with E-state index < -0.39 is 11.6 Å². The van der Waals surface area contributed by atoms with E-state index in [1.807, 2.05) is 50.4 Å². The highest BCUT2D eigenvalue weighted by molar-refractivity contribution is 5.86.